The third-order valence-electron chi connectivity index (χ3n) is 8.52. The van der Waals surface area contributed by atoms with Crippen molar-refractivity contribution < 1.29 is 9.31 Å². The van der Waals surface area contributed by atoms with Crippen LogP contribution in [0.15, 0.2) is 107 Å². The maximum absolute atomic E-state index is 5.67. The lowest BCUT2D eigenvalue weighted by atomic mass is 10.1. The second kappa shape index (κ2) is 9.97. The third-order valence-corrected chi connectivity index (χ3v) is 13.3. The van der Waals surface area contributed by atoms with E-state index in [0.29, 0.717) is 0 Å². The van der Waals surface area contributed by atoms with Crippen molar-refractivity contribution in [1.29, 1.82) is 0 Å². The largest absolute Gasteiger partial charge is 0.372 e. The normalized spacial score (nSPS) is 20.4. The van der Waals surface area contributed by atoms with E-state index >= 15 is 0 Å². The molecule has 0 N–H and O–H groups in total. The lowest BCUT2D eigenvalue weighted by Gasteiger charge is -2.41. The summed E-state index contributed by atoms with van der Waals surface area (Å²) in [5, 5.41) is 5.63. The van der Waals surface area contributed by atoms with Crippen LogP contribution in [0.5, 0.6) is 0 Å². The summed E-state index contributed by atoms with van der Waals surface area (Å²) >= 11 is 0. The highest BCUT2D eigenvalue weighted by Gasteiger charge is 2.49. The first-order valence-electron chi connectivity index (χ1n) is 14.0. The van der Waals surface area contributed by atoms with Gasteiger partial charge in [-0.2, -0.15) is 0 Å². The molecule has 4 aliphatic rings. The zero-order valence-corrected chi connectivity index (χ0v) is 22.9. The number of morpholine rings is 1. The number of benzene rings is 3. The van der Waals surface area contributed by atoms with Crippen LogP contribution in [0.3, 0.4) is 0 Å². The first-order chi connectivity index (χ1) is 18.8. The summed E-state index contributed by atoms with van der Waals surface area (Å²) in [5.74, 6) is 0. The molecule has 4 nitrogen and oxygen atoms in total. The maximum Gasteiger partial charge on any atom is 0.200 e. The molecule has 1 aliphatic carbocycles. The molecular weight excluding hydrogens is 482 g/mol. The Bertz CT molecular complexity index is 1420. The Balaban J connectivity index is 1.53. The lowest BCUT2D eigenvalue weighted by molar-refractivity contribution is -0.547. The Hall–Kier alpha value is -3.54. The molecule has 0 unspecified atom stereocenters. The number of rotatable bonds is 3. The Morgan fingerprint density at radius 3 is 2.13 bits per heavy atom. The van der Waals surface area contributed by atoms with E-state index in [1.807, 2.05) is 0 Å². The van der Waals surface area contributed by atoms with Gasteiger partial charge in [-0.05, 0) is 64.3 Å². The Kier molecular flexibility index (Phi) is 6.18. The second-order valence-electron chi connectivity index (χ2n) is 10.6. The van der Waals surface area contributed by atoms with Crippen molar-refractivity contribution >= 4 is 46.4 Å². The van der Waals surface area contributed by atoms with Gasteiger partial charge in [-0.3, -0.25) is 0 Å². The van der Waals surface area contributed by atoms with Crippen LogP contribution in [-0.4, -0.2) is 63.5 Å². The van der Waals surface area contributed by atoms with Crippen molar-refractivity contribution in [3.05, 3.63) is 102 Å². The molecule has 38 heavy (non-hydrogen) atoms. The zero-order chi connectivity index (χ0) is 25.4. The lowest BCUT2D eigenvalue weighted by Crippen LogP contribution is -2.71. The molecule has 5 heteroatoms. The quantitative estimate of drug-likeness (QED) is 0.301. The van der Waals surface area contributed by atoms with Gasteiger partial charge in [0.2, 0.25) is 0 Å². The molecule has 3 aromatic rings. The second-order valence-corrected chi connectivity index (χ2v) is 14.4. The topological polar surface area (TPSA) is 27.8 Å². The molecule has 3 heterocycles. The van der Waals surface area contributed by atoms with Gasteiger partial charge < -0.3 is 9.64 Å². The molecule has 0 amide bonds. The molecule has 3 aromatic carbocycles. The summed E-state index contributed by atoms with van der Waals surface area (Å²) < 4.78 is 8.15. The highest BCUT2D eigenvalue weighted by molar-refractivity contribution is 7.19. The third kappa shape index (κ3) is 3.93. The van der Waals surface area contributed by atoms with Gasteiger partial charge in [0.15, 0.2) is 26.9 Å². The Morgan fingerprint density at radius 2 is 1.45 bits per heavy atom. The van der Waals surface area contributed by atoms with Crippen LogP contribution in [-0.2, 0) is 4.74 Å². The van der Waals surface area contributed by atoms with E-state index in [-0.39, 0.29) is 0 Å². The summed E-state index contributed by atoms with van der Waals surface area (Å²) in [4.78, 5) is 7.88. The number of anilines is 1. The number of hydrogen-bond acceptors (Lipinski definition) is 3. The summed E-state index contributed by atoms with van der Waals surface area (Å²) in [5.41, 5.74) is 4.85. The highest BCUT2D eigenvalue weighted by Crippen LogP contribution is 2.33. The minimum absolute atomic E-state index is 0.781. The number of aliphatic imine (C=N–C) groups is 1. The fraction of sp³-hybridized carbons (Fsp3) is 0.273. The summed E-state index contributed by atoms with van der Waals surface area (Å²) in [6.07, 6.45) is 10.9. The van der Waals surface area contributed by atoms with Gasteiger partial charge in [0, 0.05) is 30.9 Å². The van der Waals surface area contributed by atoms with E-state index < -0.39 is 8.07 Å². The minimum Gasteiger partial charge on any atom is -0.372 e. The van der Waals surface area contributed by atoms with Gasteiger partial charge in [0.1, 0.15) is 13.2 Å². The standard InChI is InChI=1S/C33H34N3OSi/c1-4-10-28(11-5-1)38(29-12-6-2-7-13-29)32-24-26(35-18-8-3-9-19-35)14-16-30(32)34-31-17-15-27(25-33(31)38)36-20-22-37-23-21-36/h1-2,4-7,10-17,24-25H,3,8-9,18-23H2/q+1. The van der Waals surface area contributed by atoms with Crippen LogP contribution < -0.4 is 20.5 Å². The molecule has 0 aromatic heterocycles. The molecule has 7 rings (SSSR count). The van der Waals surface area contributed by atoms with Gasteiger partial charge in [-0.15, -0.1) is 0 Å². The molecule has 0 radical (unpaired) electrons. The molecule has 190 valence electrons. The van der Waals surface area contributed by atoms with Crippen LogP contribution in [0, 0.1) is 0 Å². The fourth-order valence-corrected chi connectivity index (χ4v) is 11.7. The van der Waals surface area contributed by atoms with Crippen molar-refractivity contribution in [3.63, 3.8) is 0 Å². The smallest absolute Gasteiger partial charge is 0.200 e. The minimum atomic E-state index is -2.64. The molecule has 0 bridgehead atoms. The van der Waals surface area contributed by atoms with E-state index in [1.54, 1.807) is 0 Å². The number of piperidine rings is 1. The van der Waals surface area contributed by atoms with Crippen molar-refractivity contribution in [2.24, 2.45) is 4.99 Å². The van der Waals surface area contributed by atoms with Crippen molar-refractivity contribution in [3.8, 4) is 0 Å². The molecule has 0 spiro atoms. The van der Waals surface area contributed by atoms with Gasteiger partial charge in [-0.1, -0.05) is 60.7 Å². The van der Waals surface area contributed by atoms with E-state index in [4.69, 9.17) is 9.73 Å². The first-order valence-corrected chi connectivity index (χ1v) is 16.0. The Morgan fingerprint density at radius 1 is 0.763 bits per heavy atom. The maximum atomic E-state index is 5.67. The van der Waals surface area contributed by atoms with Gasteiger partial charge >= 0.3 is 0 Å². The number of ether oxygens (including phenoxy) is 1. The zero-order valence-electron chi connectivity index (χ0n) is 21.9. The average molecular weight is 517 g/mol. The molecule has 0 atom stereocenters. The molecule has 0 saturated carbocycles. The van der Waals surface area contributed by atoms with E-state index in [9.17, 15) is 0 Å². The Labute approximate surface area is 226 Å². The number of hydrogen-bond donors (Lipinski definition) is 0. The fourth-order valence-electron chi connectivity index (χ4n) is 6.65. The monoisotopic (exact) mass is 516 g/mol. The molecule has 3 aliphatic heterocycles. The van der Waals surface area contributed by atoms with E-state index in [1.165, 1.54) is 51.4 Å². The van der Waals surface area contributed by atoms with Crippen LogP contribution >= 0.6 is 0 Å². The number of nitrogens with zero attached hydrogens (tertiary/aromatic N) is 3. The summed E-state index contributed by atoms with van der Waals surface area (Å²) in [6.45, 7) is 5.69. The molecule has 2 saturated heterocycles. The average Bonchev–Trinajstić information content (AvgIpc) is 3.01. The van der Waals surface area contributed by atoms with E-state index in [2.05, 4.69) is 107 Å². The summed E-state index contributed by atoms with van der Waals surface area (Å²) in [6, 6.07) is 29.6. The van der Waals surface area contributed by atoms with Gasteiger partial charge in [0.05, 0.1) is 11.4 Å². The summed E-state index contributed by atoms with van der Waals surface area (Å²) in [7, 11) is -2.64. The van der Waals surface area contributed by atoms with Crippen LogP contribution in [0.4, 0.5) is 11.4 Å². The van der Waals surface area contributed by atoms with E-state index in [0.717, 1.165) is 50.8 Å². The number of fused-ring (bicyclic) bond motifs is 2. The van der Waals surface area contributed by atoms with Crippen LogP contribution in [0.2, 0.25) is 0 Å². The van der Waals surface area contributed by atoms with Crippen LogP contribution in [0.1, 0.15) is 19.3 Å². The molecular formula is C33H34N3OSi+. The first kappa shape index (κ1) is 23.6. The van der Waals surface area contributed by atoms with Crippen molar-refractivity contribution in [2.45, 2.75) is 19.3 Å². The SMILES string of the molecule is C1=CC(=[N+]2CCOCC2)C=C2C1=Nc1ccc(N3CCCCC3)cc1[Si]2(c1ccccc1)c1ccccc1. The molecule has 2 fully saturated rings. The highest BCUT2D eigenvalue weighted by atomic mass is 28.3. The van der Waals surface area contributed by atoms with Gasteiger partial charge in [0.25, 0.3) is 0 Å². The van der Waals surface area contributed by atoms with Gasteiger partial charge in [-0.25, -0.2) is 9.57 Å². The predicted molar refractivity (Wildman–Crippen MR) is 160 cm³/mol. The van der Waals surface area contributed by atoms with Crippen molar-refractivity contribution in [2.75, 3.05) is 44.3 Å². The number of allylic oxidation sites excluding steroid dienone is 4. The van der Waals surface area contributed by atoms with Crippen LogP contribution in [0.25, 0.3) is 0 Å². The predicted octanol–water partition coefficient (Wildman–Crippen LogP) is 3.75. The van der Waals surface area contributed by atoms with Crippen molar-refractivity contribution in [1.82, 2.24) is 0 Å².